The number of halogens is 4. The summed E-state index contributed by atoms with van der Waals surface area (Å²) in [5.74, 6) is -0.446. The molecule has 6 heteroatoms. The third-order valence-corrected chi connectivity index (χ3v) is 2.79. The van der Waals surface area contributed by atoms with Gasteiger partial charge in [0.05, 0.1) is 12.0 Å². The summed E-state index contributed by atoms with van der Waals surface area (Å²) in [5, 5.41) is 9.27. The van der Waals surface area contributed by atoms with Gasteiger partial charge in [-0.1, -0.05) is 28.1 Å². The van der Waals surface area contributed by atoms with Crippen LogP contribution in [-0.4, -0.2) is 11.7 Å². The number of nitriles is 1. The van der Waals surface area contributed by atoms with E-state index in [1.54, 1.807) is 0 Å². The van der Waals surface area contributed by atoms with E-state index in [2.05, 4.69) is 26.7 Å². The van der Waals surface area contributed by atoms with Crippen molar-refractivity contribution in [3.63, 3.8) is 0 Å². The predicted octanol–water partition coefficient (Wildman–Crippen LogP) is 3.66. The van der Waals surface area contributed by atoms with Crippen molar-refractivity contribution < 1.29 is 17.9 Å². The lowest BCUT2D eigenvalue weighted by Crippen LogP contribution is -2.17. The van der Waals surface area contributed by atoms with Gasteiger partial charge >= 0.3 is 6.36 Å². The fraction of sp³-hybridized carbons (Fsp3) is 0.364. The van der Waals surface area contributed by atoms with E-state index >= 15 is 0 Å². The summed E-state index contributed by atoms with van der Waals surface area (Å²) in [6.07, 6.45) is -4.18. The number of benzene rings is 1. The number of nitrogens with zero attached hydrogens (tertiary/aromatic N) is 1. The molecular formula is C11H9BrF3NO. The van der Waals surface area contributed by atoms with Crippen molar-refractivity contribution in [1.82, 2.24) is 0 Å². The van der Waals surface area contributed by atoms with E-state index in [9.17, 15) is 13.2 Å². The second-order valence-electron chi connectivity index (χ2n) is 3.38. The van der Waals surface area contributed by atoms with E-state index in [1.807, 2.05) is 0 Å². The molecule has 0 N–H and O–H groups in total. The van der Waals surface area contributed by atoms with Gasteiger partial charge in [-0.2, -0.15) is 5.26 Å². The van der Waals surface area contributed by atoms with Crippen molar-refractivity contribution in [2.45, 2.75) is 12.8 Å². The molecule has 0 spiro atoms. The van der Waals surface area contributed by atoms with E-state index < -0.39 is 6.36 Å². The highest BCUT2D eigenvalue weighted by molar-refractivity contribution is 9.09. The molecule has 0 radical (unpaired) electrons. The van der Waals surface area contributed by atoms with E-state index in [0.29, 0.717) is 11.8 Å². The lowest BCUT2D eigenvalue weighted by molar-refractivity contribution is -0.274. The second kappa shape index (κ2) is 5.92. The zero-order valence-corrected chi connectivity index (χ0v) is 10.3. The van der Waals surface area contributed by atoms with Gasteiger partial charge in [0.25, 0.3) is 0 Å². The van der Waals surface area contributed by atoms with Crippen molar-refractivity contribution >= 4 is 15.9 Å². The largest absolute Gasteiger partial charge is 0.573 e. The van der Waals surface area contributed by atoms with E-state index in [1.165, 1.54) is 24.3 Å². The molecule has 17 heavy (non-hydrogen) atoms. The average Bonchev–Trinajstić information content (AvgIpc) is 2.26. The lowest BCUT2D eigenvalue weighted by atomic mass is 10.0. The normalized spacial score (nSPS) is 12.9. The Morgan fingerprint density at radius 1 is 1.29 bits per heavy atom. The Labute approximate surface area is 105 Å². The SMILES string of the molecule is N#CC(CBr)Cc1ccc(OC(F)(F)F)cc1. The van der Waals surface area contributed by atoms with Crippen LogP contribution < -0.4 is 4.74 Å². The Morgan fingerprint density at radius 3 is 2.29 bits per heavy atom. The van der Waals surface area contributed by atoms with Gasteiger partial charge in [-0.3, -0.25) is 0 Å². The quantitative estimate of drug-likeness (QED) is 0.795. The van der Waals surface area contributed by atoms with Crippen LogP contribution in [0.5, 0.6) is 5.75 Å². The second-order valence-corrected chi connectivity index (χ2v) is 4.02. The van der Waals surface area contributed by atoms with Crippen LogP contribution in [0.4, 0.5) is 13.2 Å². The smallest absolute Gasteiger partial charge is 0.406 e. The number of hydrogen-bond donors (Lipinski definition) is 0. The summed E-state index contributed by atoms with van der Waals surface area (Å²) < 4.78 is 39.4. The number of hydrogen-bond acceptors (Lipinski definition) is 2. The zero-order valence-electron chi connectivity index (χ0n) is 8.67. The molecule has 0 aliphatic carbocycles. The van der Waals surface area contributed by atoms with E-state index in [-0.39, 0.29) is 11.7 Å². The molecule has 0 saturated heterocycles. The van der Waals surface area contributed by atoms with Gasteiger partial charge in [0.1, 0.15) is 5.75 Å². The molecule has 0 saturated carbocycles. The Morgan fingerprint density at radius 2 is 1.88 bits per heavy atom. The van der Waals surface area contributed by atoms with Gasteiger partial charge in [0, 0.05) is 5.33 Å². The van der Waals surface area contributed by atoms with E-state index in [4.69, 9.17) is 5.26 Å². The minimum atomic E-state index is -4.67. The molecule has 2 nitrogen and oxygen atoms in total. The van der Waals surface area contributed by atoms with Crippen LogP contribution in [0.2, 0.25) is 0 Å². The van der Waals surface area contributed by atoms with Crippen molar-refractivity contribution in [2.75, 3.05) is 5.33 Å². The molecule has 1 aromatic carbocycles. The average molecular weight is 308 g/mol. The molecule has 0 heterocycles. The van der Waals surface area contributed by atoms with Crippen LogP contribution >= 0.6 is 15.9 Å². The Hall–Kier alpha value is -1.22. The van der Waals surface area contributed by atoms with Crippen molar-refractivity contribution in [3.05, 3.63) is 29.8 Å². The van der Waals surface area contributed by atoms with Gasteiger partial charge < -0.3 is 4.74 Å². The van der Waals surface area contributed by atoms with Gasteiger partial charge in [-0.05, 0) is 24.1 Å². The fourth-order valence-corrected chi connectivity index (χ4v) is 1.62. The van der Waals surface area contributed by atoms with Crippen LogP contribution in [-0.2, 0) is 6.42 Å². The molecular weight excluding hydrogens is 299 g/mol. The zero-order chi connectivity index (χ0) is 12.9. The third-order valence-electron chi connectivity index (χ3n) is 2.01. The third kappa shape index (κ3) is 5.09. The maximum absolute atomic E-state index is 11.9. The maximum Gasteiger partial charge on any atom is 0.573 e. The minimum absolute atomic E-state index is 0.190. The standard InChI is InChI=1S/C11H9BrF3NO/c12-6-9(7-16)5-8-1-3-10(4-2-8)17-11(13,14)15/h1-4,9H,5-6H2. The number of ether oxygens (including phenoxy) is 1. The highest BCUT2D eigenvalue weighted by atomic mass is 79.9. The number of rotatable bonds is 4. The highest BCUT2D eigenvalue weighted by Crippen LogP contribution is 2.23. The molecule has 1 atom stereocenters. The van der Waals surface area contributed by atoms with Crippen molar-refractivity contribution in [3.8, 4) is 11.8 Å². The van der Waals surface area contributed by atoms with Gasteiger partial charge in [0.2, 0.25) is 0 Å². The molecule has 1 aromatic rings. The van der Waals surface area contributed by atoms with Crippen LogP contribution in [0, 0.1) is 17.2 Å². The summed E-state index contributed by atoms with van der Waals surface area (Å²) in [5.41, 5.74) is 0.797. The van der Waals surface area contributed by atoms with Crippen LogP contribution in [0.25, 0.3) is 0 Å². The summed E-state index contributed by atoms with van der Waals surface area (Å²) in [4.78, 5) is 0. The topological polar surface area (TPSA) is 33.0 Å². The number of alkyl halides is 4. The van der Waals surface area contributed by atoms with Crippen LogP contribution in [0.3, 0.4) is 0 Å². The molecule has 1 rings (SSSR count). The van der Waals surface area contributed by atoms with Gasteiger partial charge in [-0.15, -0.1) is 13.2 Å². The lowest BCUT2D eigenvalue weighted by Gasteiger charge is -2.10. The van der Waals surface area contributed by atoms with Crippen LogP contribution in [0.15, 0.2) is 24.3 Å². The molecule has 0 fully saturated rings. The molecule has 0 bridgehead atoms. The first kappa shape index (κ1) is 13.8. The van der Waals surface area contributed by atoms with Gasteiger partial charge in [0.15, 0.2) is 0 Å². The fourth-order valence-electron chi connectivity index (χ4n) is 1.25. The maximum atomic E-state index is 11.9. The minimum Gasteiger partial charge on any atom is -0.406 e. The van der Waals surface area contributed by atoms with Gasteiger partial charge in [-0.25, -0.2) is 0 Å². The highest BCUT2D eigenvalue weighted by Gasteiger charge is 2.30. The summed E-state index contributed by atoms with van der Waals surface area (Å²) >= 11 is 3.19. The first-order chi connectivity index (χ1) is 7.94. The Kier molecular flexibility index (Phi) is 4.82. The summed E-state index contributed by atoms with van der Waals surface area (Å²) in [7, 11) is 0. The first-order valence-electron chi connectivity index (χ1n) is 4.75. The van der Waals surface area contributed by atoms with Crippen molar-refractivity contribution in [2.24, 2.45) is 5.92 Å². The molecule has 0 amide bonds. The van der Waals surface area contributed by atoms with Crippen LogP contribution in [0.1, 0.15) is 5.56 Å². The first-order valence-corrected chi connectivity index (χ1v) is 5.87. The summed E-state index contributed by atoms with van der Waals surface area (Å²) in [6.45, 7) is 0. The molecule has 1 unspecified atom stereocenters. The Bertz CT molecular complexity index is 397. The van der Waals surface area contributed by atoms with E-state index in [0.717, 1.165) is 5.56 Å². The molecule has 0 aromatic heterocycles. The predicted molar refractivity (Wildman–Crippen MR) is 59.7 cm³/mol. The monoisotopic (exact) mass is 307 g/mol. The molecule has 0 aliphatic heterocycles. The molecule has 0 aliphatic rings. The summed E-state index contributed by atoms with van der Waals surface area (Å²) in [6, 6.07) is 7.62. The molecule has 92 valence electrons. The van der Waals surface area contributed by atoms with Crippen molar-refractivity contribution in [1.29, 1.82) is 5.26 Å². The Balaban J connectivity index is 2.66.